The lowest BCUT2D eigenvalue weighted by atomic mass is 9.95. The van der Waals surface area contributed by atoms with Crippen molar-refractivity contribution in [3.05, 3.63) is 30.1 Å². The van der Waals surface area contributed by atoms with E-state index in [1.165, 1.54) is 12.3 Å². The fraction of sp³-hybridized carbons (Fsp3) is 0.611. The molecule has 2 heterocycles. The van der Waals surface area contributed by atoms with Crippen molar-refractivity contribution in [1.29, 1.82) is 0 Å². The van der Waals surface area contributed by atoms with Crippen LogP contribution in [0.25, 0.3) is 0 Å². The van der Waals surface area contributed by atoms with Gasteiger partial charge in [0.1, 0.15) is 11.6 Å². The summed E-state index contributed by atoms with van der Waals surface area (Å²) in [6.45, 7) is 2.03. The van der Waals surface area contributed by atoms with Gasteiger partial charge >= 0.3 is 0 Å². The molecule has 0 aromatic carbocycles. The minimum atomic E-state index is -0.481. The fourth-order valence-electron chi connectivity index (χ4n) is 3.41. The van der Waals surface area contributed by atoms with Crippen LogP contribution >= 0.6 is 0 Å². The second kappa shape index (κ2) is 7.92. The summed E-state index contributed by atoms with van der Waals surface area (Å²) in [5.74, 6) is -0.221. The Morgan fingerprint density at radius 2 is 1.92 bits per heavy atom. The Hall–Kier alpha value is -1.69. The van der Waals surface area contributed by atoms with Crippen molar-refractivity contribution in [2.24, 2.45) is 0 Å². The van der Waals surface area contributed by atoms with Crippen LogP contribution in [0.5, 0.6) is 0 Å². The number of carbonyl (C=O) groups excluding carboxylic acids is 1. The number of rotatable bonds is 4. The maximum absolute atomic E-state index is 13.6. The van der Waals surface area contributed by atoms with E-state index in [0.29, 0.717) is 11.4 Å². The highest BCUT2D eigenvalue weighted by Crippen LogP contribution is 2.21. The summed E-state index contributed by atoms with van der Waals surface area (Å²) in [5.41, 5.74) is 0.309. The first-order valence-electron chi connectivity index (χ1n) is 8.85. The summed E-state index contributed by atoms with van der Waals surface area (Å²) in [7, 11) is 2.10. The summed E-state index contributed by atoms with van der Waals surface area (Å²) in [6.07, 6.45) is 9.35. The van der Waals surface area contributed by atoms with Crippen LogP contribution in [0.4, 0.5) is 10.2 Å². The number of anilines is 1. The average molecular weight is 333 g/mol. The SMILES string of the molecule is CN1CCC(Nc2ncc(F)cc2C(=O)NC2CC[CH]CC2)CC1. The molecule has 0 unspecified atom stereocenters. The maximum atomic E-state index is 13.6. The lowest BCUT2D eigenvalue weighted by Gasteiger charge is -2.30. The van der Waals surface area contributed by atoms with Gasteiger partial charge in [0.05, 0.1) is 11.8 Å². The van der Waals surface area contributed by atoms with Crippen LogP contribution in [0.3, 0.4) is 0 Å². The maximum Gasteiger partial charge on any atom is 0.255 e. The van der Waals surface area contributed by atoms with E-state index in [-0.39, 0.29) is 18.0 Å². The van der Waals surface area contributed by atoms with Crippen LogP contribution in [0.1, 0.15) is 48.9 Å². The molecule has 1 saturated heterocycles. The Kier molecular flexibility index (Phi) is 5.66. The predicted octanol–water partition coefficient (Wildman–Crippen LogP) is 2.60. The molecule has 2 fully saturated rings. The van der Waals surface area contributed by atoms with Crippen LogP contribution in [-0.4, -0.2) is 48.0 Å². The van der Waals surface area contributed by atoms with Crippen molar-refractivity contribution >= 4 is 11.7 Å². The highest BCUT2D eigenvalue weighted by molar-refractivity contribution is 5.98. The second-order valence-corrected chi connectivity index (χ2v) is 6.89. The fourth-order valence-corrected chi connectivity index (χ4v) is 3.41. The van der Waals surface area contributed by atoms with E-state index in [9.17, 15) is 9.18 Å². The van der Waals surface area contributed by atoms with Crippen molar-refractivity contribution in [3.63, 3.8) is 0 Å². The molecular formula is C18H26FN4O. The molecule has 0 spiro atoms. The van der Waals surface area contributed by atoms with Crippen molar-refractivity contribution < 1.29 is 9.18 Å². The molecule has 1 aromatic rings. The van der Waals surface area contributed by atoms with Gasteiger partial charge < -0.3 is 15.5 Å². The number of amides is 1. The molecule has 6 heteroatoms. The number of halogens is 1. The molecule has 2 aliphatic rings. The number of piperidine rings is 1. The van der Waals surface area contributed by atoms with Gasteiger partial charge in [0.25, 0.3) is 5.91 Å². The lowest BCUT2D eigenvalue weighted by Crippen LogP contribution is -2.39. The monoisotopic (exact) mass is 333 g/mol. The molecule has 1 aliphatic carbocycles. The zero-order valence-corrected chi connectivity index (χ0v) is 14.2. The van der Waals surface area contributed by atoms with Crippen molar-refractivity contribution in [1.82, 2.24) is 15.2 Å². The first-order chi connectivity index (χ1) is 11.6. The smallest absolute Gasteiger partial charge is 0.255 e. The Morgan fingerprint density at radius 1 is 1.21 bits per heavy atom. The van der Waals surface area contributed by atoms with E-state index in [0.717, 1.165) is 51.6 Å². The molecule has 131 valence electrons. The first kappa shape index (κ1) is 17.1. The highest BCUT2D eigenvalue weighted by Gasteiger charge is 2.23. The van der Waals surface area contributed by atoms with Crippen molar-refractivity contribution in [3.8, 4) is 0 Å². The highest BCUT2D eigenvalue weighted by atomic mass is 19.1. The van der Waals surface area contributed by atoms with Crippen molar-refractivity contribution in [2.75, 3.05) is 25.5 Å². The molecule has 5 nitrogen and oxygen atoms in total. The van der Waals surface area contributed by atoms with E-state index < -0.39 is 5.82 Å². The summed E-state index contributed by atoms with van der Waals surface area (Å²) < 4.78 is 13.6. The van der Waals surface area contributed by atoms with E-state index in [4.69, 9.17) is 0 Å². The van der Waals surface area contributed by atoms with Crippen LogP contribution in [0.15, 0.2) is 12.3 Å². The minimum absolute atomic E-state index is 0.168. The van der Waals surface area contributed by atoms with Gasteiger partial charge in [-0.25, -0.2) is 9.37 Å². The normalized spacial score (nSPS) is 20.8. The molecule has 1 radical (unpaired) electrons. The molecule has 1 aromatic heterocycles. The third kappa shape index (κ3) is 4.44. The molecule has 1 saturated carbocycles. The summed E-state index contributed by atoms with van der Waals surface area (Å²) in [5, 5.41) is 6.38. The third-order valence-electron chi connectivity index (χ3n) is 4.93. The van der Waals surface area contributed by atoms with Gasteiger partial charge in [-0.15, -0.1) is 0 Å². The molecule has 0 bridgehead atoms. The number of nitrogens with one attached hydrogen (secondary N) is 2. The van der Waals surface area contributed by atoms with Crippen LogP contribution in [0.2, 0.25) is 0 Å². The van der Waals surface area contributed by atoms with Gasteiger partial charge in [0.2, 0.25) is 0 Å². The van der Waals surface area contributed by atoms with E-state index in [1.807, 2.05) is 0 Å². The van der Waals surface area contributed by atoms with Gasteiger partial charge in [-0.3, -0.25) is 4.79 Å². The zero-order valence-electron chi connectivity index (χ0n) is 14.2. The predicted molar refractivity (Wildman–Crippen MR) is 92.4 cm³/mol. The number of likely N-dealkylation sites (tertiary alicyclic amines) is 1. The summed E-state index contributed by atoms with van der Waals surface area (Å²) in [6, 6.07) is 1.73. The Bertz CT molecular complexity index is 566. The summed E-state index contributed by atoms with van der Waals surface area (Å²) in [4.78, 5) is 19.0. The molecule has 3 rings (SSSR count). The minimum Gasteiger partial charge on any atom is -0.367 e. The Labute approximate surface area is 143 Å². The number of nitrogens with zero attached hydrogens (tertiary/aromatic N) is 2. The number of carbonyl (C=O) groups is 1. The molecule has 0 atom stereocenters. The largest absolute Gasteiger partial charge is 0.367 e. The molecule has 1 amide bonds. The van der Waals surface area contributed by atoms with Gasteiger partial charge in [-0.1, -0.05) is 0 Å². The number of aromatic nitrogens is 1. The van der Waals surface area contributed by atoms with E-state index in [1.54, 1.807) is 0 Å². The second-order valence-electron chi connectivity index (χ2n) is 6.89. The number of hydrogen-bond acceptors (Lipinski definition) is 4. The quantitative estimate of drug-likeness (QED) is 0.889. The van der Waals surface area contributed by atoms with Crippen molar-refractivity contribution in [2.45, 2.75) is 50.6 Å². The topological polar surface area (TPSA) is 57.3 Å². The van der Waals surface area contributed by atoms with Gasteiger partial charge in [-0.2, -0.15) is 0 Å². The Balaban J connectivity index is 1.69. The van der Waals surface area contributed by atoms with Gasteiger partial charge in [0, 0.05) is 12.1 Å². The Morgan fingerprint density at radius 3 is 2.62 bits per heavy atom. The van der Waals surface area contributed by atoms with E-state index in [2.05, 4.69) is 34.0 Å². The van der Waals surface area contributed by atoms with Crippen LogP contribution < -0.4 is 10.6 Å². The number of hydrogen-bond donors (Lipinski definition) is 2. The van der Waals surface area contributed by atoms with Crippen LogP contribution in [-0.2, 0) is 0 Å². The molecule has 1 aliphatic heterocycles. The van der Waals surface area contributed by atoms with E-state index >= 15 is 0 Å². The molecular weight excluding hydrogens is 307 g/mol. The summed E-state index contributed by atoms with van der Waals surface area (Å²) >= 11 is 0. The van der Waals surface area contributed by atoms with Crippen LogP contribution in [0, 0.1) is 12.2 Å². The lowest BCUT2D eigenvalue weighted by molar-refractivity contribution is 0.0930. The average Bonchev–Trinajstić information content (AvgIpc) is 2.59. The third-order valence-corrected chi connectivity index (χ3v) is 4.93. The molecule has 2 N–H and O–H groups in total. The first-order valence-corrected chi connectivity index (χ1v) is 8.85. The van der Waals surface area contributed by atoms with Gasteiger partial charge in [-0.05, 0) is 71.1 Å². The standard InChI is InChI=1S/C18H26FN4O/c1-23-9-7-15(8-10-23)21-17-16(11-13(19)12-20-17)18(24)22-14-5-3-2-4-6-14/h2,11-12,14-15H,3-10H2,1H3,(H,20,21)(H,22,24). The van der Waals surface area contributed by atoms with Gasteiger partial charge in [0.15, 0.2) is 0 Å². The molecule has 24 heavy (non-hydrogen) atoms. The number of pyridine rings is 1. The zero-order chi connectivity index (χ0) is 16.9.